The molecule has 0 bridgehead atoms. The lowest BCUT2D eigenvalue weighted by Gasteiger charge is -2.21. The molecule has 0 radical (unpaired) electrons. The lowest BCUT2D eigenvalue weighted by Crippen LogP contribution is -2.27. The summed E-state index contributed by atoms with van der Waals surface area (Å²) >= 11 is 0. The largest absolute Gasteiger partial charge is 0.509 e. The van der Waals surface area contributed by atoms with E-state index in [1.807, 2.05) is 0 Å². The number of methoxy groups -OCH3 is 2. The van der Waals surface area contributed by atoms with Crippen LogP contribution in [-0.4, -0.2) is 41.7 Å². The Hall–Kier alpha value is -3.81. The fraction of sp³-hybridized carbons (Fsp3) is 0.150. The van der Waals surface area contributed by atoms with Gasteiger partial charge in [-0.2, -0.15) is 0 Å². The van der Waals surface area contributed by atoms with E-state index in [1.165, 1.54) is 7.11 Å². The van der Waals surface area contributed by atoms with Crippen molar-refractivity contribution in [1.82, 2.24) is 9.97 Å². The number of hydrogen-bond donors (Lipinski definition) is 3. The molecule has 2 heterocycles. The molecule has 1 aromatic heterocycles. The van der Waals surface area contributed by atoms with Crippen LogP contribution in [0.2, 0.25) is 0 Å². The lowest BCUT2D eigenvalue weighted by molar-refractivity contribution is 0.393. The van der Waals surface area contributed by atoms with Crippen molar-refractivity contribution in [3.8, 4) is 11.5 Å². The number of benzene rings is 2. The van der Waals surface area contributed by atoms with Crippen LogP contribution in [-0.2, 0) is 0 Å². The smallest absolute Gasteiger partial charge is 0.259 e. The number of aliphatic hydroxyl groups excluding tert-OH is 1. The minimum absolute atomic E-state index is 0.0133. The summed E-state index contributed by atoms with van der Waals surface area (Å²) in [7, 11) is 3.08. The third-order valence-corrected chi connectivity index (χ3v) is 4.63. The van der Waals surface area contributed by atoms with Gasteiger partial charge in [-0.15, -0.1) is 0 Å². The maximum atomic E-state index is 12.4. The summed E-state index contributed by atoms with van der Waals surface area (Å²) in [4.78, 5) is 21.0. The molecule has 2 aromatic carbocycles. The van der Waals surface area contributed by atoms with Crippen LogP contribution in [0.4, 0.5) is 5.69 Å². The van der Waals surface area contributed by atoms with Crippen molar-refractivity contribution in [3.05, 3.63) is 64.4 Å². The zero-order chi connectivity index (χ0) is 19.8. The molecule has 8 heteroatoms. The topological polar surface area (TPSA) is 112 Å². The molecule has 0 amide bonds. The average molecular weight is 378 g/mol. The number of aliphatic hydroxyl groups is 1. The van der Waals surface area contributed by atoms with Gasteiger partial charge in [-0.3, -0.25) is 10.2 Å². The van der Waals surface area contributed by atoms with Crippen molar-refractivity contribution < 1.29 is 14.6 Å². The highest BCUT2D eigenvalue weighted by Gasteiger charge is 2.32. The van der Waals surface area contributed by atoms with Gasteiger partial charge < -0.3 is 24.5 Å². The molecule has 0 unspecified atom stereocenters. The van der Waals surface area contributed by atoms with Crippen LogP contribution in [0.15, 0.2) is 53.0 Å². The maximum Gasteiger partial charge on any atom is 0.259 e. The number of aromatic nitrogens is 2. The van der Waals surface area contributed by atoms with Crippen molar-refractivity contribution in [2.75, 3.05) is 25.7 Å². The van der Waals surface area contributed by atoms with Crippen molar-refractivity contribution in [3.63, 3.8) is 0 Å². The van der Waals surface area contributed by atoms with Gasteiger partial charge in [-0.05, 0) is 24.3 Å². The van der Waals surface area contributed by atoms with E-state index in [-0.39, 0.29) is 35.1 Å². The summed E-state index contributed by atoms with van der Waals surface area (Å²) < 4.78 is 10.6. The molecule has 28 heavy (non-hydrogen) atoms. The summed E-state index contributed by atoms with van der Waals surface area (Å²) in [5, 5.41) is 19.6. The van der Waals surface area contributed by atoms with Crippen LogP contribution in [0, 0.1) is 5.41 Å². The Morgan fingerprint density at radius 1 is 1.18 bits per heavy atom. The molecule has 0 atom stereocenters. The number of hydrogen-bond acceptors (Lipinski definition) is 6. The average Bonchev–Trinajstić information content (AvgIpc) is 3.01. The number of ether oxygens (including phenoxy) is 2. The SMILES string of the molecule is COc1ccc(N2CC(O)=C(c3nc4ccccc4c(=O)[nH]3)C2=N)c(OC)c1. The Bertz CT molecular complexity index is 1180. The number of para-hydroxylation sites is 1. The third kappa shape index (κ3) is 2.75. The predicted molar refractivity (Wildman–Crippen MR) is 107 cm³/mol. The molecule has 0 saturated carbocycles. The van der Waals surface area contributed by atoms with Gasteiger partial charge >= 0.3 is 0 Å². The fourth-order valence-corrected chi connectivity index (χ4v) is 3.25. The Labute approximate surface area is 160 Å². The molecule has 0 fully saturated rings. The number of aromatic amines is 1. The first kappa shape index (κ1) is 17.6. The molecule has 8 nitrogen and oxygen atoms in total. The summed E-state index contributed by atoms with van der Waals surface area (Å²) in [5.41, 5.74) is 0.947. The summed E-state index contributed by atoms with van der Waals surface area (Å²) in [6.07, 6.45) is 0. The monoisotopic (exact) mass is 378 g/mol. The zero-order valence-electron chi connectivity index (χ0n) is 15.3. The molecule has 3 N–H and O–H groups in total. The van der Waals surface area contributed by atoms with Crippen LogP contribution >= 0.6 is 0 Å². The van der Waals surface area contributed by atoms with E-state index in [0.29, 0.717) is 28.1 Å². The first-order chi connectivity index (χ1) is 13.5. The van der Waals surface area contributed by atoms with E-state index in [2.05, 4.69) is 9.97 Å². The number of H-pyrrole nitrogens is 1. The maximum absolute atomic E-state index is 12.4. The van der Waals surface area contributed by atoms with E-state index in [9.17, 15) is 9.90 Å². The highest BCUT2D eigenvalue weighted by molar-refractivity contribution is 6.30. The van der Waals surface area contributed by atoms with Gasteiger partial charge in [0.1, 0.15) is 28.9 Å². The highest BCUT2D eigenvalue weighted by Crippen LogP contribution is 2.37. The second-order valence-corrected chi connectivity index (χ2v) is 6.23. The Balaban J connectivity index is 1.77. The Kier molecular flexibility index (Phi) is 4.23. The molecule has 1 aliphatic rings. The number of amidine groups is 1. The lowest BCUT2D eigenvalue weighted by atomic mass is 10.2. The molecule has 0 saturated heterocycles. The second-order valence-electron chi connectivity index (χ2n) is 6.23. The Morgan fingerprint density at radius 2 is 1.96 bits per heavy atom. The van der Waals surface area contributed by atoms with Crippen LogP contribution < -0.4 is 19.9 Å². The van der Waals surface area contributed by atoms with Crippen LogP contribution in [0.3, 0.4) is 0 Å². The van der Waals surface area contributed by atoms with E-state index in [4.69, 9.17) is 14.9 Å². The number of fused-ring (bicyclic) bond motifs is 1. The van der Waals surface area contributed by atoms with Gasteiger partial charge in [-0.1, -0.05) is 12.1 Å². The minimum atomic E-state index is -0.325. The molecule has 3 aromatic rings. The predicted octanol–water partition coefficient (Wildman–Crippen LogP) is 2.71. The van der Waals surface area contributed by atoms with Crippen LogP contribution in [0.5, 0.6) is 11.5 Å². The first-order valence-corrected chi connectivity index (χ1v) is 8.53. The zero-order valence-corrected chi connectivity index (χ0v) is 15.3. The number of anilines is 1. The summed E-state index contributed by atoms with van der Waals surface area (Å²) in [5.74, 6) is 1.23. The number of nitrogens with one attached hydrogen (secondary N) is 2. The Morgan fingerprint density at radius 3 is 2.71 bits per heavy atom. The van der Waals surface area contributed by atoms with Gasteiger partial charge in [0.25, 0.3) is 5.56 Å². The molecule has 4 rings (SSSR count). The van der Waals surface area contributed by atoms with Gasteiger partial charge in [-0.25, -0.2) is 4.98 Å². The quantitative estimate of drug-likeness (QED) is 0.644. The standard InChI is InChI=1S/C20H18N4O4/c1-27-11-7-8-14(16(9-11)28-2)24-10-15(25)17(18(24)21)19-22-13-6-4-3-5-12(13)20(26)23-19/h3-9,21,25H,10H2,1-2H3,(H,22,23,26). The van der Waals surface area contributed by atoms with Gasteiger partial charge in [0.2, 0.25) is 0 Å². The van der Waals surface area contributed by atoms with Crippen molar-refractivity contribution >= 4 is 28.0 Å². The first-order valence-electron chi connectivity index (χ1n) is 8.53. The molecule has 0 spiro atoms. The van der Waals surface area contributed by atoms with E-state index < -0.39 is 0 Å². The van der Waals surface area contributed by atoms with E-state index >= 15 is 0 Å². The van der Waals surface area contributed by atoms with Crippen LogP contribution in [0.1, 0.15) is 5.82 Å². The minimum Gasteiger partial charge on any atom is -0.509 e. The van der Waals surface area contributed by atoms with Gasteiger partial charge in [0, 0.05) is 6.07 Å². The molecule has 142 valence electrons. The van der Waals surface area contributed by atoms with Gasteiger partial charge in [0.15, 0.2) is 0 Å². The van der Waals surface area contributed by atoms with Gasteiger partial charge in [0.05, 0.1) is 42.9 Å². The number of rotatable bonds is 4. The van der Waals surface area contributed by atoms with E-state index in [1.54, 1.807) is 54.5 Å². The second kappa shape index (κ2) is 6.73. The highest BCUT2D eigenvalue weighted by atomic mass is 16.5. The van der Waals surface area contributed by atoms with Crippen molar-refractivity contribution in [2.45, 2.75) is 0 Å². The number of nitrogens with zero attached hydrogens (tertiary/aromatic N) is 2. The fourth-order valence-electron chi connectivity index (χ4n) is 3.25. The molecular formula is C20H18N4O4. The molecule has 0 aliphatic carbocycles. The van der Waals surface area contributed by atoms with E-state index in [0.717, 1.165) is 0 Å². The molecular weight excluding hydrogens is 360 g/mol. The normalized spacial score (nSPS) is 14.1. The summed E-state index contributed by atoms with van der Waals surface area (Å²) in [6, 6.07) is 12.1. The van der Waals surface area contributed by atoms with Crippen molar-refractivity contribution in [1.29, 1.82) is 5.41 Å². The molecule has 1 aliphatic heterocycles. The third-order valence-electron chi connectivity index (χ3n) is 4.63. The van der Waals surface area contributed by atoms with Crippen LogP contribution in [0.25, 0.3) is 16.5 Å². The summed E-state index contributed by atoms with van der Waals surface area (Å²) in [6.45, 7) is 0.0629. The van der Waals surface area contributed by atoms with Crippen molar-refractivity contribution in [2.24, 2.45) is 0 Å².